The fourth-order valence-corrected chi connectivity index (χ4v) is 3.67. The summed E-state index contributed by atoms with van der Waals surface area (Å²) in [6.07, 6.45) is 0.798. The predicted molar refractivity (Wildman–Crippen MR) is 134 cm³/mol. The molecule has 1 aromatic carbocycles. The van der Waals surface area contributed by atoms with Crippen molar-refractivity contribution < 1.29 is 9.53 Å². The first kappa shape index (κ1) is 24.2. The number of amides is 1. The number of nitrogens with one attached hydrogen (secondary N) is 2. The molecule has 1 amide bonds. The third-order valence-corrected chi connectivity index (χ3v) is 5.38. The number of ether oxygens (including phenoxy) is 1. The summed E-state index contributed by atoms with van der Waals surface area (Å²) in [7, 11) is 3.96. The van der Waals surface area contributed by atoms with Crippen LogP contribution in [0.3, 0.4) is 0 Å². The highest BCUT2D eigenvalue weighted by Crippen LogP contribution is 2.31. The van der Waals surface area contributed by atoms with Crippen LogP contribution in [0, 0.1) is 0 Å². The molecule has 0 atom stereocenters. The van der Waals surface area contributed by atoms with Gasteiger partial charge in [0, 0.05) is 39.1 Å². The number of anilines is 2. The first-order valence-electron chi connectivity index (χ1n) is 9.74. The number of guanidine groups is 1. The number of hydrogen-bond donors (Lipinski definition) is 2. The standard InChI is InChI=1S/C20H28N6O2S.HI/c1-4-21-19(23-12-15-14-29-20(24-15)25(2)3)22-10-7-11-26-16-8-5-6-9-17(16)28-13-18(26)27;/h5-6,8-9,14H,4,7,10-13H2,1-3H3,(H2,21,22,23);1H. The molecule has 30 heavy (non-hydrogen) atoms. The van der Waals surface area contributed by atoms with Crippen molar-refractivity contribution in [1.29, 1.82) is 0 Å². The van der Waals surface area contributed by atoms with Crippen molar-refractivity contribution >= 4 is 58.0 Å². The Morgan fingerprint density at radius 3 is 2.87 bits per heavy atom. The van der Waals surface area contributed by atoms with Crippen molar-refractivity contribution in [2.24, 2.45) is 4.99 Å². The second-order valence-electron chi connectivity index (χ2n) is 6.79. The Kier molecular flexibility index (Phi) is 9.63. The molecule has 1 aliphatic rings. The SMILES string of the molecule is CCNC(=NCc1csc(N(C)C)n1)NCCCN1C(=O)COc2ccccc21.I. The summed E-state index contributed by atoms with van der Waals surface area (Å²) in [5, 5.41) is 9.59. The van der Waals surface area contributed by atoms with Crippen molar-refractivity contribution in [2.75, 3.05) is 50.1 Å². The van der Waals surface area contributed by atoms with Crippen molar-refractivity contribution in [3.05, 3.63) is 35.3 Å². The highest BCUT2D eigenvalue weighted by Gasteiger charge is 2.24. The van der Waals surface area contributed by atoms with E-state index < -0.39 is 0 Å². The largest absolute Gasteiger partial charge is 0.482 e. The van der Waals surface area contributed by atoms with Gasteiger partial charge in [0.1, 0.15) is 5.75 Å². The third-order valence-electron chi connectivity index (χ3n) is 4.32. The number of aromatic nitrogens is 1. The van der Waals surface area contributed by atoms with Gasteiger partial charge in [-0.2, -0.15) is 0 Å². The molecule has 0 saturated carbocycles. The Morgan fingerprint density at radius 1 is 1.33 bits per heavy atom. The van der Waals surface area contributed by atoms with Crippen LogP contribution in [0.1, 0.15) is 19.0 Å². The maximum absolute atomic E-state index is 12.2. The molecule has 0 bridgehead atoms. The Bertz CT molecular complexity index is 857. The fraction of sp³-hybridized carbons (Fsp3) is 0.450. The van der Waals surface area contributed by atoms with Gasteiger partial charge in [0.25, 0.3) is 5.91 Å². The van der Waals surface area contributed by atoms with Crippen LogP contribution >= 0.6 is 35.3 Å². The normalized spacial score (nSPS) is 13.2. The first-order chi connectivity index (χ1) is 14.1. The van der Waals surface area contributed by atoms with E-state index in [1.165, 1.54) is 0 Å². The number of nitrogens with zero attached hydrogens (tertiary/aromatic N) is 4. The lowest BCUT2D eigenvalue weighted by Gasteiger charge is -2.29. The topological polar surface area (TPSA) is 82.1 Å². The highest BCUT2D eigenvalue weighted by molar-refractivity contribution is 14.0. The predicted octanol–water partition coefficient (Wildman–Crippen LogP) is 2.70. The van der Waals surface area contributed by atoms with Crippen molar-refractivity contribution in [3.8, 4) is 5.75 Å². The van der Waals surface area contributed by atoms with Crippen LogP contribution in [0.15, 0.2) is 34.6 Å². The lowest BCUT2D eigenvalue weighted by Crippen LogP contribution is -2.42. The van der Waals surface area contributed by atoms with E-state index in [0.717, 1.165) is 41.2 Å². The molecule has 0 saturated heterocycles. The van der Waals surface area contributed by atoms with Gasteiger partial charge in [-0.05, 0) is 25.5 Å². The van der Waals surface area contributed by atoms with Gasteiger partial charge in [-0.25, -0.2) is 9.98 Å². The number of benzene rings is 1. The summed E-state index contributed by atoms with van der Waals surface area (Å²) in [6.45, 7) is 4.77. The van der Waals surface area contributed by atoms with Crippen molar-refractivity contribution in [1.82, 2.24) is 15.6 Å². The average Bonchev–Trinajstić information content (AvgIpc) is 3.20. The van der Waals surface area contributed by atoms with Gasteiger partial charge in [-0.1, -0.05) is 12.1 Å². The van der Waals surface area contributed by atoms with Crippen molar-refractivity contribution in [2.45, 2.75) is 19.9 Å². The number of fused-ring (bicyclic) bond motifs is 1. The third kappa shape index (κ3) is 6.46. The number of hydrogen-bond acceptors (Lipinski definition) is 6. The van der Waals surface area contributed by atoms with E-state index in [9.17, 15) is 4.79 Å². The summed E-state index contributed by atoms with van der Waals surface area (Å²) in [5.41, 5.74) is 1.79. The van der Waals surface area contributed by atoms with E-state index in [2.05, 4.69) is 20.6 Å². The van der Waals surface area contributed by atoms with Crippen LogP contribution in [0.2, 0.25) is 0 Å². The second kappa shape index (κ2) is 11.9. The van der Waals surface area contributed by atoms with Gasteiger partial charge >= 0.3 is 0 Å². The monoisotopic (exact) mass is 544 g/mol. The van der Waals surface area contributed by atoms with Gasteiger partial charge in [0.15, 0.2) is 17.7 Å². The number of rotatable bonds is 8. The summed E-state index contributed by atoms with van der Waals surface area (Å²) in [5.74, 6) is 1.50. The molecule has 1 aromatic heterocycles. The molecular weight excluding hydrogens is 515 g/mol. The maximum atomic E-state index is 12.2. The summed E-state index contributed by atoms with van der Waals surface area (Å²) >= 11 is 1.61. The lowest BCUT2D eigenvalue weighted by molar-refractivity contribution is -0.121. The minimum atomic E-state index is -0.00972. The molecule has 8 nitrogen and oxygen atoms in total. The molecule has 0 aliphatic carbocycles. The zero-order valence-electron chi connectivity index (χ0n) is 17.6. The number of halogens is 1. The molecule has 2 N–H and O–H groups in total. The summed E-state index contributed by atoms with van der Waals surface area (Å²) in [4.78, 5) is 25.2. The smallest absolute Gasteiger partial charge is 0.265 e. The molecule has 2 aromatic rings. The van der Waals surface area contributed by atoms with Gasteiger partial charge in [0.05, 0.1) is 17.9 Å². The van der Waals surface area contributed by atoms with Crippen LogP contribution in [-0.2, 0) is 11.3 Å². The number of thiazole rings is 1. The zero-order valence-corrected chi connectivity index (χ0v) is 20.7. The Balaban J connectivity index is 0.00000320. The number of aliphatic imine (C=N–C) groups is 1. The zero-order chi connectivity index (χ0) is 20.6. The Hall–Kier alpha value is -2.08. The molecule has 1 aliphatic heterocycles. The maximum Gasteiger partial charge on any atom is 0.265 e. The number of carbonyl (C=O) groups is 1. The number of para-hydroxylation sites is 2. The Labute approximate surface area is 198 Å². The minimum absolute atomic E-state index is 0. The molecule has 3 rings (SSSR count). The van der Waals surface area contributed by atoms with Crippen LogP contribution in [0.5, 0.6) is 5.75 Å². The Morgan fingerprint density at radius 2 is 2.13 bits per heavy atom. The molecule has 0 radical (unpaired) electrons. The molecule has 0 unspecified atom stereocenters. The fourth-order valence-electron chi connectivity index (χ4n) is 2.92. The quantitative estimate of drug-likeness (QED) is 0.230. The van der Waals surface area contributed by atoms with E-state index in [4.69, 9.17) is 4.74 Å². The van der Waals surface area contributed by atoms with E-state index >= 15 is 0 Å². The van der Waals surface area contributed by atoms with Crippen LogP contribution in [-0.4, -0.2) is 57.2 Å². The van der Waals surface area contributed by atoms with Crippen LogP contribution < -0.4 is 25.2 Å². The van der Waals surface area contributed by atoms with Crippen LogP contribution in [0.25, 0.3) is 0 Å². The average molecular weight is 544 g/mol. The summed E-state index contributed by atoms with van der Waals surface area (Å²) < 4.78 is 5.49. The van der Waals surface area contributed by atoms with Crippen LogP contribution in [0.4, 0.5) is 10.8 Å². The van der Waals surface area contributed by atoms with E-state index in [-0.39, 0.29) is 36.5 Å². The summed E-state index contributed by atoms with van der Waals surface area (Å²) in [6, 6.07) is 7.64. The molecular formula is C20H29IN6O2S. The molecule has 0 spiro atoms. The van der Waals surface area contributed by atoms with Gasteiger partial charge in [-0.15, -0.1) is 35.3 Å². The lowest BCUT2D eigenvalue weighted by atomic mass is 10.2. The van der Waals surface area contributed by atoms with Gasteiger partial charge in [-0.3, -0.25) is 4.79 Å². The van der Waals surface area contributed by atoms with Gasteiger partial charge in [0.2, 0.25) is 0 Å². The second-order valence-corrected chi connectivity index (χ2v) is 7.63. The van der Waals surface area contributed by atoms with E-state index in [1.807, 2.05) is 55.6 Å². The van der Waals surface area contributed by atoms with E-state index in [1.54, 1.807) is 16.2 Å². The van der Waals surface area contributed by atoms with Crippen molar-refractivity contribution in [3.63, 3.8) is 0 Å². The molecule has 10 heteroatoms. The molecule has 164 valence electrons. The first-order valence-corrected chi connectivity index (χ1v) is 10.6. The van der Waals surface area contributed by atoms with E-state index in [0.29, 0.717) is 19.6 Å². The molecule has 2 heterocycles. The minimum Gasteiger partial charge on any atom is -0.482 e. The highest BCUT2D eigenvalue weighted by atomic mass is 127. The van der Waals surface area contributed by atoms with Gasteiger partial charge < -0.3 is 25.2 Å². The molecule has 0 fully saturated rings. The number of carbonyl (C=O) groups excluding carboxylic acids is 1.